The van der Waals surface area contributed by atoms with E-state index in [1.807, 2.05) is 0 Å². The Hall–Kier alpha value is -2.39. The lowest BCUT2D eigenvalue weighted by Gasteiger charge is -2.10. The summed E-state index contributed by atoms with van der Waals surface area (Å²) in [6, 6.07) is 2.71. The van der Waals surface area contributed by atoms with E-state index in [2.05, 4.69) is 6.58 Å². The molecule has 1 aromatic rings. The molecule has 1 aliphatic heterocycles. The molecule has 1 aromatic carbocycles. The average molecular weight is 366 g/mol. The molecule has 0 radical (unpaired) electrons. The van der Waals surface area contributed by atoms with Crippen molar-refractivity contribution in [3.05, 3.63) is 45.4 Å². The number of nitro benzene ring substituents is 1. The number of nitrogens with zero attached hydrogens (tertiary/aromatic N) is 2. The Kier molecular flexibility index (Phi) is 5.58. The van der Waals surface area contributed by atoms with Gasteiger partial charge in [-0.2, -0.15) is 0 Å². The van der Waals surface area contributed by atoms with Crippen molar-refractivity contribution in [1.29, 1.82) is 0 Å². The fourth-order valence-electron chi connectivity index (χ4n) is 2.09. The Morgan fingerprint density at radius 3 is 2.54 bits per heavy atom. The number of nitro groups is 1. The fraction of sp³-hybridized carbons (Fsp3) is 0.200. The zero-order valence-corrected chi connectivity index (χ0v) is 14.6. The molecule has 0 aliphatic carbocycles. The molecule has 1 saturated heterocycles. The van der Waals surface area contributed by atoms with E-state index in [1.54, 1.807) is 6.08 Å². The second-order valence-corrected chi connectivity index (χ2v) is 6.28. The van der Waals surface area contributed by atoms with Crippen LogP contribution in [0.2, 0.25) is 0 Å². The summed E-state index contributed by atoms with van der Waals surface area (Å²) in [5, 5.41) is 11.3. The number of methoxy groups -OCH3 is 2. The first kappa shape index (κ1) is 18.0. The zero-order chi connectivity index (χ0) is 17.9. The molecule has 0 spiro atoms. The van der Waals surface area contributed by atoms with Crippen LogP contribution in [0.1, 0.15) is 5.56 Å². The van der Waals surface area contributed by atoms with Crippen molar-refractivity contribution in [3.8, 4) is 11.5 Å². The minimum Gasteiger partial charge on any atom is -0.493 e. The first-order valence-electron chi connectivity index (χ1n) is 6.69. The van der Waals surface area contributed by atoms with Gasteiger partial charge in [0.1, 0.15) is 4.32 Å². The summed E-state index contributed by atoms with van der Waals surface area (Å²) in [4.78, 5) is 24.8. The van der Waals surface area contributed by atoms with Crippen molar-refractivity contribution in [1.82, 2.24) is 4.90 Å². The largest absolute Gasteiger partial charge is 0.493 e. The summed E-state index contributed by atoms with van der Waals surface area (Å²) in [5.74, 6) is 0.255. The minimum absolute atomic E-state index is 0.193. The number of hydrogen-bond acceptors (Lipinski definition) is 7. The Morgan fingerprint density at radius 2 is 2.00 bits per heavy atom. The number of carbonyl (C=O) groups is 1. The highest BCUT2D eigenvalue weighted by atomic mass is 32.2. The summed E-state index contributed by atoms with van der Waals surface area (Å²) in [6.45, 7) is 3.87. The van der Waals surface area contributed by atoms with E-state index < -0.39 is 4.92 Å². The molecule has 9 heteroatoms. The van der Waals surface area contributed by atoms with Crippen LogP contribution in [-0.2, 0) is 4.79 Å². The summed E-state index contributed by atoms with van der Waals surface area (Å²) >= 11 is 6.24. The average Bonchev–Trinajstić information content (AvgIpc) is 2.82. The number of amides is 1. The molecule has 0 saturated carbocycles. The summed E-state index contributed by atoms with van der Waals surface area (Å²) < 4.78 is 10.6. The Bertz CT molecular complexity index is 760. The van der Waals surface area contributed by atoms with Crippen molar-refractivity contribution in [3.63, 3.8) is 0 Å². The molecule has 0 N–H and O–H groups in total. The highest BCUT2D eigenvalue weighted by Crippen LogP contribution is 2.38. The molecule has 1 aliphatic rings. The van der Waals surface area contributed by atoms with Crippen LogP contribution >= 0.6 is 24.0 Å². The topological polar surface area (TPSA) is 81.9 Å². The molecular formula is C15H14N2O5S2. The normalized spacial score (nSPS) is 15.8. The van der Waals surface area contributed by atoms with E-state index in [4.69, 9.17) is 21.7 Å². The summed E-state index contributed by atoms with van der Waals surface area (Å²) in [5.41, 5.74) is 0.0402. The third-order valence-electron chi connectivity index (χ3n) is 3.20. The van der Waals surface area contributed by atoms with Gasteiger partial charge in [-0.15, -0.1) is 6.58 Å². The maximum atomic E-state index is 12.3. The van der Waals surface area contributed by atoms with E-state index >= 15 is 0 Å². The van der Waals surface area contributed by atoms with Gasteiger partial charge in [0, 0.05) is 6.54 Å². The SMILES string of the molecule is C=CCN1C(=O)/C(=C/c2cc(OC)c(OC)cc2[N+](=O)[O-])SC1=S. The van der Waals surface area contributed by atoms with Crippen molar-refractivity contribution < 1.29 is 19.2 Å². The maximum Gasteiger partial charge on any atom is 0.280 e. The van der Waals surface area contributed by atoms with Gasteiger partial charge in [0.25, 0.3) is 11.6 Å². The third kappa shape index (κ3) is 3.41. The first-order chi connectivity index (χ1) is 11.4. The Labute approximate surface area is 148 Å². The lowest BCUT2D eigenvalue weighted by molar-refractivity contribution is -0.385. The van der Waals surface area contributed by atoms with Crippen LogP contribution in [0.5, 0.6) is 11.5 Å². The molecule has 1 fully saturated rings. The second-order valence-electron chi connectivity index (χ2n) is 4.60. The standard InChI is InChI=1S/C15H14N2O5S2/c1-4-5-16-14(18)13(24-15(16)23)7-9-6-11(21-2)12(22-3)8-10(9)17(19)20/h4,6-8H,1,5H2,2-3H3/b13-7-. The molecule has 24 heavy (non-hydrogen) atoms. The molecule has 2 rings (SSSR count). The van der Waals surface area contributed by atoms with E-state index in [-0.39, 0.29) is 29.5 Å². The number of ether oxygens (including phenoxy) is 2. The van der Waals surface area contributed by atoms with Gasteiger partial charge >= 0.3 is 0 Å². The van der Waals surface area contributed by atoms with Crippen molar-refractivity contribution in [2.24, 2.45) is 0 Å². The van der Waals surface area contributed by atoms with Gasteiger partial charge in [0.05, 0.1) is 35.7 Å². The number of rotatable bonds is 6. The molecule has 126 valence electrons. The quantitative estimate of drug-likeness (QED) is 0.252. The fourth-order valence-corrected chi connectivity index (χ4v) is 3.35. The molecule has 7 nitrogen and oxygen atoms in total. The number of hydrogen-bond donors (Lipinski definition) is 0. The molecule has 0 atom stereocenters. The van der Waals surface area contributed by atoms with Gasteiger partial charge in [0.2, 0.25) is 0 Å². The van der Waals surface area contributed by atoms with Gasteiger partial charge in [-0.05, 0) is 12.1 Å². The lowest BCUT2D eigenvalue weighted by Crippen LogP contribution is -2.27. The van der Waals surface area contributed by atoms with Gasteiger partial charge < -0.3 is 9.47 Å². The monoisotopic (exact) mass is 366 g/mol. The van der Waals surface area contributed by atoms with Crippen LogP contribution in [0, 0.1) is 10.1 Å². The molecule has 1 heterocycles. The van der Waals surface area contributed by atoms with Crippen molar-refractivity contribution >= 4 is 46.0 Å². The number of thiocarbonyl (C=S) groups is 1. The van der Waals surface area contributed by atoms with Gasteiger partial charge in [0.15, 0.2) is 11.5 Å². The highest BCUT2D eigenvalue weighted by Gasteiger charge is 2.32. The second kappa shape index (κ2) is 7.45. The zero-order valence-electron chi connectivity index (χ0n) is 13.0. The number of carbonyl (C=O) groups excluding carboxylic acids is 1. The Morgan fingerprint density at radius 1 is 1.38 bits per heavy atom. The smallest absolute Gasteiger partial charge is 0.280 e. The van der Waals surface area contributed by atoms with E-state index in [1.165, 1.54) is 37.3 Å². The molecule has 0 aromatic heterocycles. The van der Waals surface area contributed by atoms with E-state index in [0.29, 0.717) is 15.0 Å². The first-order valence-corrected chi connectivity index (χ1v) is 7.92. The number of thioether (sulfide) groups is 1. The Balaban J connectivity index is 2.52. The van der Waals surface area contributed by atoms with Crippen LogP contribution in [0.25, 0.3) is 6.08 Å². The van der Waals surface area contributed by atoms with Gasteiger partial charge in [-0.1, -0.05) is 30.1 Å². The molecular weight excluding hydrogens is 352 g/mol. The van der Waals surface area contributed by atoms with Crippen molar-refractivity contribution in [2.75, 3.05) is 20.8 Å². The number of benzene rings is 1. The van der Waals surface area contributed by atoms with E-state index in [0.717, 1.165) is 11.8 Å². The maximum absolute atomic E-state index is 12.3. The highest BCUT2D eigenvalue weighted by molar-refractivity contribution is 8.26. The molecule has 0 unspecified atom stereocenters. The van der Waals surface area contributed by atoms with Crippen molar-refractivity contribution in [2.45, 2.75) is 0 Å². The van der Waals surface area contributed by atoms with Gasteiger partial charge in [-0.3, -0.25) is 19.8 Å². The van der Waals surface area contributed by atoms with Crippen LogP contribution < -0.4 is 9.47 Å². The summed E-state index contributed by atoms with van der Waals surface area (Å²) in [6.07, 6.45) is 3.00. The summed E-state index contributed by atoms with van der Waals surface area (Å²) in [7, 11) is 2.82. The lowest BCUT2D eigenvalue weighted by atomic mass is 10.1. The van der Waals surface area contributed by atoms with Crippen LogP contribution in [0.4, 0.5) is 5.69 Å². The van der Waals surface area contributed by atoms with Crippen LogP contribution in [0.15, 0.2) is 29.7 Å². The molecule has 1 amide bonds. The predicted molar refractivity (Wildman–Crippen MR) is 96.3 cm³/mol. The molecule has 0 bridgehead atoms. The van der Waals surface area contributed by atoms with E-state index in [9.17, 15) is 14.9 Å². The van der Waals surface area contributed by atoms with Crippen LogP contribution in [-0.4, -0.2) is 40.8 Å². The third-order valence-corrected chi connectivity index (χ3v) is 4.58. The van der Waals surface area contributed by atoms with Crippen LogP contribution in [0.3, 0.4) is 0 Å². The minimum atomic E-state index is -0.543. The van der Waals surface area contributed by atoms with Gasteiger partial charge in [-0.25, -0.2) is 0 Å². The predicted octanol–water partition coefficient (Wildman–Crippen LogP) is 3.00.